The molecule has 0 aliphatic rings. The van der Waals surface area contributed by atoms with Crippen LogP contribution >= 0.6 is 0 Å². The summed E-state index contributed by atoms with van der Waals surface area (Å²) in [5.74, 6) is -0.194. The summed E-state index contributed by atoms with van der Waals surface area (Å²) >= 11 is 0. The predicted molar refractivity (Wildman–Crippen MR) is 124 cm³/mol. The molecule has 0 saturated heterocycles. The van der Waals surface area contributed by atoms with Gasteiger partial charge in [0.15, 0.2) is 14.6 Å². The summed E-state index contributed by atoms with van der Waals surface area (Å²) in [6, 6.07) is 11.1. The van der Waals surface area contributed by atoms with Gasteiger partial charge in [-0.3, -0.25) is 14.8 Å². The number of hydrogen-bond acceptors (Lipinski definition) is 7. The third-order valence-electron chi connectivity index (χ3n) is 5.75. The largest absolute Gasteiger partial charge is 0.363 e. The van der Waals surface area contributed by atoms with E-state index in [9.17, 15) is 18.0 Å². The van der Waals surface area contributed by atoms with E-state index in [0.717, 1.165) is 28.6 Å². The summed E-state index contributed by atoms with van der Waals surface area (Å²) in [7, 11) is -0.0135. The number of fused-ring (bicyclic) bond motifs is 1. The molecule has 0 radical (unpaired) electrons. The molecule has 32 heavy (non-hydrogen) atoms. The smallest absolute Gasteiger partial charge is 0.264 e. The summed E-state index contributed by atoms with van der Waals surface area (Å²) in [6.45, 7) is 1.21. The van der Waals surface area contributed by atoms with E-state index in [-0.39, 0.29) is 18.5 Å². The molecule has 3 aromatic rings. The second-order valence-corrected chi connectivity index (χ2v) is 10.6. The van der Waals surface area contributed by atoms with Gasteiger partial charge in [-0.1, -0.05) is 6.07 Å². The number of anilines is 1. The number of hydrogen-bond donors (Lipinski definition) is 2. The quantitative estimate of drug-likeness (QED) is 0.409. The molecule has 10 heteroatoms. The van der Waals surface area contributed by atoms with E-state index in [2.05, 4.69) is 4.98 Å². The number of carbonyl (C=O) groups is 1. The minimum absolute atomic E-state index is 0.0105. The number of amides is 1. The highest BCUT2D eigenvalue weighted by Crippen LogP contribution is 2.25. The molecule has 2 heterocycles. The Morgan fingerprint density at radius 1 is 1.19 bits per heavy atom. The number of sulfone groups is 1. The molecule has 2 N–H and O–H groups in total. The SMILES string of the molecule is CN(C)c1ccc(-c2ccc3c(=O)n(CCC(C)(C(=O)NO)S(C)(=O)=O)ccc3c2)cn1. The number of carbonyl (C=O) groups excluding carboxylic acids is 1. The van der Waals surface area contributed by atoms with E-state index < -0.39 is 20.5 Å². The lowest BCUT2D eigenvalue weighted by atomic mass is 10.0. The van der Waals surface area contributed by atoms with Crippen LogP contribution in [-0.2, 0) is 21.2 Å². The van der Waals surface area contributed by atoms with Crippen LogP contribution in [0.25, 0.3) is 21.9 Å². The fraction of sp³-hybridized carbons (Fsp3) is 0.318. The number of nitrogens with one attached hydrogen (secondary N) is 1. The van der Waals surface area contributed by atoms with Crippen molar-refractivity contribution in [1.82, 2.24) is 15.0 Å². The molecule has 0 saturated carbocycles. The van der Waals surface area contributed by atoms with Gasteiger partial charge in [0.05, 0.1) is 0 Å². The normalized spacial score (nSPS) is 13.5. The molecule has 1 aromatic carbocycles. The molecular formula is C22H26N4O5S. The Bertz CT molecular complexity index is 1320. The minimum atomic E-state index is -3.84. The molecule has 0 bridgehead atoms. The molecule has 0 fully saturated rings. The standard InChI is InChI=1S/C22H26N4O5S/c1-22(21(28)24-29,32(4,30)31)10-12-26-11-9-16-13-15(5-7-18(16)20(26)27)17-6-8-19(23-14-17)25(2)3/h5-9,11,13-14,29H,10,12H2,1-4H3,(H,24,28). The maximum absolute atomic E-state index is 12.9. The van der Waals surface area contributed by atoms with Crippen LogP contribution in [0.15, 0.2) is 53.6 Å². The Balaban J connectivity index is 1.92. The first-order chi connectivity index (χ1) is 15.0. The summed E-state index contributed by atoms with van der Waals surface area (Å²) < 4.78 is 23.8. The van der Waals surface area contributed by atoms with Crippen molar-refractivity contribution in [3.8, 4) is 11.1 Å². The lowest BCUT2D eigenvalue weighted by Crippen LogP contribution is -2.49. The van der Waals surface area contributed by atoms with E-state index in [1.54, 1.807) is 24.5 Å². The van der Waals surface area contributed by atoms with Gasteiger partial charge in [-0.2, -0.15) is 0 Å². The zero-order chi connectivity index (χ0) is 23.7. The second-order valence-electron chi connectivity index (χ2n) is 8.11. The Morgan fingerprint density at radius 2 is 1.88 bits per heavy atom. The first kappa shape index (κ1) is 23.4. The van der Waals surface area contributed by atoms with E-state index >= 15 is 0 Å². The fourth-order valence-electron chi connectivity index (χ4n) is 3.38. The predicted octanol–water partition coefficient (Wildman–Crippen LogP) is 1.83. The zero-order valence-corrected chi connectivity index (χ0v) is 19.2. The van der Waals surface area contributed by atoms with Crippen LogP contribution < -0.4 is 15.9 Å². The maximum atomic E-state index is 12.9. The van der Waals surface area contributed by atoms with Gasteiger partial charge in [-0.25, -0.2) is 18.9 Å². The highest BCUT2D eigenvalue weighted by Gasteiger charge is 2.43. The van der Waals surface area contributed by atoms with Gasteiger partial charge in [-0.05, 0) is 54.6 Å². The van der Waals surface area contributed by atoms with Crippen LogP contribution in [0.3, 0.4) is 0 Å². The van der Waals surface area contributed by atoms with Crippen molar-refractivity contribution >= 4 is 32.3 Å². The molecule has 1 unspecified atom stereocenters. The Hall–Kier alpha value is -3.24. The molecule has 0 aliphatic carbocycles. The fourth-order valence-corrected chi connectivity index (χ4v) is 4.23. The number of hydroxylamine groups is 1. The third-order valence-corrected chi connectivity index (χ3v) is 7.77. The molecular weight excluding hydrogens is 432 g/mol. The highest BCUT2D eigenvalue weighted by molar-refractivity contribution is 7.92. The van der Waals surface area contributed by atoms with Crippen molar-refractivity contribution in [3.63, 3.8) is 0 Å². The van der Waals surface area contributed by atoms with Crippen LogP contribution in [0.1, 0.15) is 13.3 Å². The third kappa shape index (κ3) is 4.37. The Morgan fingerprint density at radius 3 is 2.44 bits per heavy atom. The Labute approximate surface area is 186 Å². The van der Waals surface area contributed by atoms with Crippen LogP contribution in [0.5, 0.6) is 0 Å². The lowest BCUT2D eigenvalue weighted by molar-refractivity contribution is -0.131. The van der Waals surface area contributed by atoms with Gasteiger partial charge in [0.1, 0.15) is 5.82 Å². The molecule has 2 aromatic heterocycles. The average Bonchev–Trinajstić information content (AvgIpc) is 2.76. The number of benzene rings is 1. The van der Waals surface area contributed by atoms with Crippen LogP contribution in [0.4, 0.5) is 5.82 Å². The number of aromatic nitrogens is 2. The Kier molecular flexibility index (Phi) is 6.38. The molecule has 9 nitrogen and oxygen atoms in total. The first-order valence-electron chi connectivity index (χ1n) is 9.89. The number of nitrogens with zero attached hydrogens (tertiary/aromatic N) is 3. The topological polar surface area (TPSA) is 122 Å². The van der Waals surface area contributed by atoms with Crippen molar-refractivity contribution in [2.24, 2.45) is 0 Å². The summed E-state index contributed by atoms with van der Waals surface area (Å²) in [4.78, 5) is 31.3. The summed E-state index contributed by atoms with van der Waals surface area (Å²) in [5.41, 5.74) is 2.95. The van der Waals surface area contributed by atoms with Gasteiger partial charge in [0, 0.05) is 50.2 Å². The van der Waals surface area contributed by atoms with Crippen molar-refractivity contribution in [3.05, 3.63) is 59.1 Å². The number of pyridine rings is 2. The van der Waals surface area contributed by atoms with Crippen molar-refractivity contribution < 1.29 is 18.4 Å². The van der Waals surface area contributed by atoms with E-state index in [1.807, 2.05) is 43.3 Å². The molecule has 3 rings (SSSR count). The summed E-state index contributed by atoms with van der Waals surface area (Å²) in [6.07, 6.45) is 4.09. The van der Waals surface area contributed by atoms with Gasteiger partial charge in [-0.15, -0.1) is 0 Å². The van der Waals surface area contributed by atoms with Crippen molar-refractivity contribution in [2.45, 2.75) is 24.6 Å². The first-order valence-corrected chi connectivity index (χ1v) is 11.8. The van der Waals surface area contributed by atoms with E-state index in [4.69, 9.17) is 5.21 Å². The summed E-state index contributed by atoms with van der Waals surface area (Å²) in [5, 5.41) is 10.2. The van der Waals surface area contributed by atoms with Gasteiger partial charge in [0.25, 0.3) is 11.5 Å². The lowest BCUT2D eigenvalue weighted by Gasteiger charge is -2.25. The minimum Gasteiger partial charge on any atom is -0.363 e. The monoisotopic (exact) mass is 458 g/mol. The zero-order valence-electron chi connectivity index (χ0n) is 18.4. The number of aryl methyl sites for hydroxylation is 1. The van der Waals surface area contributed by atoms with E-state index in [0.29, 0.717) is 5.39 Å². The number of rotatable bonds is 7. The van der Waals surface area contributed by atoms with Gasteiger partial charge in [0.2, 0.25) is 0 Å². The van der Waals surface area contributed by atoms with Gasteiger partial charge >= 0.3 is 0 Å². The maximum Gasteiger partial charge on any atom is 0.264 e. The van der Waals surface area contributed by atoms with Crippen LogP contribution in [-0.4, -0.2) is 54.2 Å². The molecule has 1 atom stereocenters. The second kappa shape index (κ2) is 8.71. The van der Waals surface area contributed by atoms with Crippen LogP contribution in [0.2, 0.25) is 0 Å². The average molecular weight is 459 g/mol. The van der Waals surface area contributed by atoms with E-state index in [1.165, 1.54) is 17.0 Å². The molecule has 0 aliphatic heterocycles. The van der Waals surface area contributed by atoms with Crippen LogP contribution in [0, 0.1) is 0 Å². The van der Waals surface area contributed by atoms with Crippen molar-refractivity contribution in [1.29, 1.82) is 0 Å². The van der Waals surface area contributed by atoms with Gasteiger partial charge < -0.3 is 9.47 Å². The highest BCUT2D eigenvalue weighted by atomic mass is 32.2. The van der Waals surface area contributed by atoms with Crippen molar-refractivity contribution in [2.75, 3.05) is 25.3 Å². The molecule has 0 spiro atoms. The molecule has 170 valence electrons. The molecule has 1 amide bonds.